The summed E-state index contributed by atoms with van der Waals surface area (Å²) in [5.74, 6) is 2.08. The Kier molecular flexibility index (Phi) is 6.44. The zero-order valence-corrected chi connectivity index (χ0v) is 19.3. The Morgan fingerprint density at radius 3 is 2.21 bits per heavy atom. The van der Waals surface area contributed by atoms with E-state index in [0.29, 0.717) is 23.0 Å². The third kappa shape index (κ3) is 4.46. The molecule has 0 fully saturated rings. The van der Waals surface area contributed by atoms with Crippen molar-refractivity contribution in [1.29, 1.82) is 0 Å². The summed E-state index contributed by atoms with van der Waals surface area (Å²) in [6, 6.07) is 7.38. The summed E-state index contributed by atoms with van der Waals surface area (Å²) in [4.78, 5) is 27.1. The lowest BCUT2D eigenvalue weighted by molar-refractivity contribution is -0.133. The summed E-state index contributed by atoms with van der Waals surface area (Å²) < 4.78 is 21.5. The number of hydrogen-bond donors (Lipinski definition) is 1. The Hall–Kier alpha value is -3.68. The van der Waals surface area contributed by atoms with Crippen LogP contribution in [0.4, 0.5) is 0 Å². The molecule has 1 N–H and O–H groups in total. The Balaban J connectivity index is 1.46. The van der Waals surface area contributed by atoms with E-state index in [2.05, 4.69) is 5.32 Å². The van der Waals surface area contributed by atoms with Gasteiger partial charge in [-0.25, -0.2) is 0 Å². The molecule has 8 nitrogen and oxygen atoms in total. The lowest BCUT2D eigenvalue weighted by Gasteiger charge is -2.20. The van der Waals surface area contributed by atoms with Crippen LogP contribution in [0.2, 0.25) is 0 Å². The average Bonchev–Trinajstić information content (AvgIpc) is 3.14. The van der Waals surface area contributed by atoms with Gasteiger partial charge in [-0.15, -0.1) is 0 Å². The first-order valence-corrected chi connectivity index (χ1v) is 10.7. The van der Waals surface area contributed by atoms with Gasteiger partial charge in [0.1, 0.15) is 6.54 Å². The van der Waals surface area contributed by atoms with Gasteiger partial charge in [-0.3, -0.25) is 9.59 Å². The lowest BCUT2D eigenvalue weighted by atomic mass is 10.0. The van der Waals surface area contributed by atoms with Crippen LogP contribution in [-0.2, 0) is 22.4 Å². The number of nitrogens with zero attached hydrogens (tertiary/aromatic N) is 1. The summed E-state index contributed by atoms with van der Waals surface area (Å²) in [6.45, 7) is -0.0588. The highest BCUT2D eigenvalue weighted by Gasteiger charge is 2.28. The summed E-state index contributed by atoms with van der Waals surface area (Å²) in [5, 5.41) is 3.07. The van der Waals surface area contributed by atoms with Gasteiger partial charge in [0.2, 0.25) is 11.8 Å². The van der Waals surface area contributed by atoms with Gasteiger partial charge in [-0.05, 0) is 65.4 Å². The van der Waals surface area contributed by atoms with Crippen molar-refractivity contribution in [2.75, 3.05) is 35.0 Å². The van der Waals surface area contributed by atoms with Crippen molar-refractivity contribution in [3.8, 4) is 23.0 Å². The number of aryl methyl sites for hydroxylation is 1. The number of ether oxygens (including phenoxy) is 4. The minimum atomic E-state index is -0.221. The molecule has 0 spiro atoms. The second kappa shape index (κ2) is 9.44. The van der Waals surface area contributed by atoms with E-state index in [4.69, 9.17) is 18.9 Å². The molecule has 0 unspecified atom stereocenters. The van der Waals surface area contributed by atoms with Crippen LogP contribution < -0.4 is 24.3 Å². The zero-order chi connectivity index (χ0) is 23.5. The fourth-order valence-electron chi connectivity index (χ4n) is 4.38. The molecular weight excluding hydrogens is 424 g/mol. The van der Waals surface area contributed by atoms with E-state index >= 15 is 0 Å². The monoisotopic (exact) mass is 452 g/mol. The van der Waals surface area contributed by atoms with Gasteiger partial charge in [0.15, 0.2) is 23.0 Å². The Bertz CT molecular complexity index is 1110. The molecule has 0 saturated carbocycles. The fraction of sp³-hybridized carbons (Fsp3) is 0.360. The Morgan fingerprint density at radius 2 is 1.55 bits per heavy atom. The SMILES string of the molecule is COc1cc2c(cc1OC)CC(=O)N(CC(=O)N[C@H]1CCc3cc(OC)c(OC)cc31)C=C2. The van der Waals surface area contributed by atoms with Crippen LogP contribution in [0.25, 0.3) is 6.08 Å². The molecular formula is C25H28N2O6. The summed E-state index contributed by atoms with van der Waals surface area (Å²) in [7, 11) is 6.32. The van der Waals surface area contributed by atoms with Gasteiger partial charge in [0.25, 0.3) is 0 Å². The largest absolute Gasteiger partial charge is 0.493 e. The second-order valence-corrected chi connectivity index (χ2v) is 7.98. The fourth-order valence-corrected chi connectivity index (χ4v) is 4.38. The van der Waals surface area contributed by atoms with Gasteiger partial charge in [0, 0.05) is 6.20 Å². The molecule has 1 aliphatic carbocycles. The maximum absolute atomic E-state index is 12.9. The first kappa shape index (κ1) is 22.5. The molecule has 33 heavy (non-hydrogen) atoms. The standard InChI is InChI=1S/C25H28N2O6/c1-30-20-9-15-7-8-27(25(29)12-17(15)11-22(20)32-3)14-24(28)26-19-6-5-16-10-21(31-2)23(33-4)13-18(16)19/h7-11,13,19H,5-6,12,14H2,1-4H3,(H,26,28)/t19-/m0/s1. The number of benzene rings is 2. The summed E-state index contributed by atoms with van der Waals surface area (Å²) >= 11 is 0. The first-order valence-electron chi connectivity index (χ1n) is 10.7. The van der Waals surface area contributed by atoms with Gasteiger partial charge >= 0.3 is 0 Å². The van der Waals surface area contributed by atoms with Crippen molar-refractivity contribution >= 4 is 17.9 Å². The van der Waals surface area contributed by atoms with E-state index in [0.717, 1.165) is 35.1 Å². The van der Waals surface area contributed by atoms with Crippen molar-refractivity contribution in [2.24, 2.45) is 0 Å². The summed E-state index contributed by atoms with van der Waals surface area (Å²) in [6.07, 6.45) is 5.25. The molecule has 2 aromatic carbocycles. The van der Waals surface area contributed by atoms with E-state index in [1.807, 2.05) is 24.3 Å². The van der Waals surface area contributed by atoms with Crippen LogP contribution in [0.3, 0.4) is 0 Å². The maximum atomic E-state index is 12.9. The molecule has 1 heterocycles. The van der Waals surface area contributed by atoms with Crippen molar-refractivity contribution in [3.05, 3.63) is 52.7 Å². The van der Waals surface area contributed by atoms with Crippen molar-refractivity contribution in [3.63, 3.8) is 0 Å². The number of methoxy groups -OCH3 is 4. The predicted octanol–water partition coefficient (Wildman–Crippen LogP) is 2.88. The minimum absolute atomic E-state index is 0.0588. The lowest BCUT2D eigenvalue weighted by Crippen LogP contribution is -2.39. The molecule has 2 aromatic rings. The van der Waals surface area contributed by atoms with Gasteiger partial charge in [-0.1, -0.05) is 0 Å². The van der Waals surface area contributed by atoms with Gasteiger partial charge < -0.3 is 29.2 Å². The predicted molar refractivity (Wildman–Crippen MR) is 123 cm³/mol. The van der Waals surface area contributed by atoms with E-state index in [1.54, 1.807) is 40.7 Å². The molecule has 2 aliphatic rings. The van der Waals surface area contributed by atoms with Crippen molar-refractivity contribution in [2.45, 2.75) is 25.3 Å². The number of carbonyl (C=O) groups is 2. The highest BCUT2D eigenvalue weighted by molar-refractivity contribution is 5.89. The number of carbonyl (C=O) groups excluding carboxylic acids is 2. The molecule has 0 radical (unpaired) electrons. The third-order valence-electron chi connectivity index (χ3n) is 6.11. The molecule has 0 aromatic heterocycles. The molecule has 174 valence electrons. The molecule has 4 rings (SSSR count). The molecule has 1 aliphatic heterocycles. The number of nitrogens with one attached hydrogen (secondary N) is 1. The van der Waals surface area contributed by atoms with E-state index < -0.39 is 0 Å². The van der Waals surface area contributed by atoms with Crippen LogP contribution >= 0.6 is 0 Å². The number of amides is 2. The first-order chi connectivity index (χ1) is 16.0. The van der Waals surface area contributed by atoms with Gasteiger partial charge in [0.05, 0.1) is 40.9 Å². The highest BCUT2D eigenvalue weighted by atomic mass is 16.5. The molecule has 2 amide bonds. The average molecular weight is 453 g/mol. The van der Waals surface area contributed by atoms with Crippen LogP contribution in [0, 0.1) is 0 Å². The van der Waals surface area contributed by atoms with E-state index in [9.17, 15) is 9.59 Å². The van der Waals surface area contributed by atoms with Crippen LogP contribution in [0.15, 0.2) is 30.5 Å². The van der Waals surface area contributed by atoms with Crippen LogP contribution in [-0.4, -0.2) is 51.7 Å². The van der Waals surface area contributed by atoms with Crippen LogP contribution in [0.1, 0.15) is 34.7 Å². The summed E-state index contributed by atoms with van der Waals surface area (Å²) in [5.41, 5.74) is 3.82. The van der Waals surface area contributed by atoms with Gasteiger partial charge in [-0.2, -0.15) is 0 Å². The zero-order valence-electron chi connectivity index (χ0n) is 19.3. The maximum Gasteiger partial charge on any atom is 0.240 e. The van der Waals surface area contributed by atoms with E-state index in [-0.39, 0.29) is 30.8 Å². The minimum Gasteiger partial charge on any atom is -0.493 e. The Labute approximate surface area is 193 Å². The number of hydrogen-bond acceptors (Lipinski definition) is 6. The number of fused-ring (bicyclic) bond motifs is 2. The van der Waals surface area contributed by atoms with Crippen molar-refractivity contribution in [1.82, 2.24) is 10.2 Å². The van der Waals surface area contributed by atoms with E-state index in [1.165, 1.54) is 4.90 Å². The molecule has 1 atom stereocenters. The molecule has 8 heteroatoms. The van der Waals surface area contributed by atoms with Crippen molar-refractivity contribution < 1.29 is 28.5 Å². The molecule has 0 saturated heterocycles. The molecule has 0 bridgehead atoms. The smallest absolute Gasteiger partial charge is 0.240 e. The highest BCUT2D eigenvalue weighted by Crippen LogP contribution is 2.39. The normalized spacial score (nSPS) is 16.5. The van der Waals surface area contributed by atoms with Crippen LogP contribution in [0.5, 0.6) is 23.0 Å². The number of rotatable bonds is 7. The topological polar surface area (TPSA) is 86.3 Å². The third-order valence-corrected chi connectivity index (χ3v) is 6.11. The quantitative estimate of drug-likeness (QED) is 0.695. The Morgan fingerprint density at radius 1 is 0.939 bits per heavy atom. The second-order valence-electron chi connectivity index (χ2n) is 7.98.